The fraction of sp³-hybridized carbons (Fsp3) is 0.579. The van der Waals surface area contributed by atoms with Gasteiger partial charge in [0.2, 0.25) is 5.91 Å². The topological polar surface area (TPSA) is 61.9 Å². The number of nitrogens with one attached hydrogen (secondary N) is 1. The monoisotopic (exact) mass is 381 g/mol. The minimum Gasteiger partial charge on any atom is -0.492 e. The lowest BCUT2D eigenvalue weighted by molar-refractivity contribution is -0.130. The maximum atomic E-state index is 12.1. The molecular formula is C19H28ClN3O3. The highest BCUT2D eigenvalue weighted by atomic mass is 35.5. The van der Waals surface area contributed by atoms with E-state index in [4.69, 9.17) is 16.3 Å². The van der Waals surface area contributed by atoms with E-state index in [-0.39, 0.29) is 11.9 Å². The Morgan fingerprint density at radius 3 is 3.00 bits per heavy atom. The molecular weight excluding hydrogens is 354 g/mol. The zero-order chi connectivity index (χ0) is 18.8. The summed E-state index contributed by atoms with van der Waals surface area (Å²) in [5, 5.41) is 3.50. The van der Waals surface area contributed by atoms with Crippen LogP contribution in [-0.4, -0.2) is 61.6 Å². The van der Waals surface area contributed by atoms with Gasteiger partial charge in [0.05, 0.1) is 6.54 Å². The lowest BCUT2D eigenvalue weighted by Gasteiger charge is -2.21. The Labute approximate surface area is 160 Å². The SMILES string of the molecule is CN(CCOc1cccc(Cl)c1)C(=O)NCCCN1CCCCCC1=O. The van der Waals surface area contributed by atoms with Crippen LogP contribution in [0.1, 0.15) is 32.1 Å². The van der Waals surface area contributed by atoms with Gasteiger partial charge in [0.25, 0.3) is 0 Å². The summed E-state index contributed by atoms with van der Waals surface area (Å²) in [4.78, 5) is 27.5. The van der Waals surface area contributed by atoms with Crippen molar-refractivity contribution in [3.05, 3.63) is 29.3 Å². The highest BCUT2D eigenvalue weighted by Crippen LogP contribution is 2.16. The van der Waals surface area contributed by atoms with Crippen LogP contribution in [0.4, 0.5) is 4.79 Å². The molecule has 1 fully saturated rings. The summed E-state index contributed by atoms with van der Waals surface area (Å²) in [6, 6.07) is 7.04. The molecule has 0 spiro atoms. The molecule has 0 aliphatic carbocycles. The van der Waals surface area contributed by atoms with Crippen molar-refractivity contribution in [2.75, 3.05) is 39.8 Å². The zero-order valence-corrected chi connectivity index (χ0v) is 16.1. The number of amides is 3. The Morgan fingerprint density at radius 2 is 2.19 bits per heavy atom. The number of hydrogen-bond donors (Lipinski definition) is 1. The summed E-state index contributed by atoms with van der Waals surface area (Å²) in [5.41, 5.74) is 0. The number of likely N-dealkylation sites (N-methyl/N-ethyl adjacent to an activating group) is 1. The maximum Gasteiger partial charge on any atom is 0.317 e. The standard InChI is InChI=1S/C19H28ClN3O3/c1-22(13-14-26-17-8-5-7-16(20)15-17)19(25)21-10-6-12-23-11-4-2-3-9-18(23)24/h5,7-8,15H,2-4,6,9-14H2,1H3,(H,21,25). The van der Waals surface area contributed by atoms with Crippen molar-refractivity contribution in [1.82, 2.24) is 15.1 Å². The van der Waals surface area contributed by atoms with Gasteiger partial charge in [0.1, 0.15) is 12.4 Å². The lowest BCUT2D eigenvalue weighted by atomic mass is 10.2. The van der Waals surface area contributed by atoms with Gasteiger partial charge in [-0.15, -0.1) is 0 Å². The Hall–Kier alpha value is -1.95. The molecule has 0 radical (unpaired) electrons. The van der Waals surface area contributed by atoms with Crippen LogP contribution in [0.5, 0.6) is 5.75 Å². The number of likely N-dealkylation sites (tertiary alicyclic amines) is 1. The number of carbonyl (C=O) groups is 2. The molecule has 0 bridgehead atoms. The first-order valence-corrected chi connectivity index (χ1v) is 9.59. The van der Waals surface area contributed by atoms with Gasteiger partial charge in [0.15, 0.2) is 0 Å². The third kappa shape index (κ3) is 7.12. The Kier molecular flexibility index (Phi) is 8.54. The van der Waals surface area contributed by atoms with Crippen molar-refractivity contribution in [2.24, 2.45) is 0 Å². The minimum absolute atomic E-state index is 0.137. The van der Waals surface area contributed by atoms with E-state index in [1.807, 2.05) is 17.0 Å². The number of carbonyl (C=O) groups excluding carboxylic acids is 2. The van der Waals surface area contributed by atoms with Crippen LogP contribution in [-0.2, 0) is 4.79 Å². The molecule has 144 valence electrons. The van der Waals surface area contributed by atoms with Crippen molar-refractivity contribution in [3.8, 4) is 5.75 Å². The molecule has 1 heterocycles. The summed E-state index contributed by atoms with van der Waals surface area (Å²) in [6.07, 6.45) is 4.62. The van der Waals surface area contributed by atoms with E-state index in [0.717, 1.165) is 32.2 Å². The van der Waals surface area contributed by atoms with E-state index in [2.05, 4.69) is 5.32 Å². The van der Waals surface area contributed by atoms with E-state index < -0.39 is 0 Å². The Bertz CT molecular complexity index is 597. The van der Waals surface area contributed by atoms with E-state index >= 15 is 0 Å². The largest absolute Gasteiger partial charge is 0.492 e. The first-order chi connectivity index (χ1) is 12.6. The first-order valence-electron chi connectivity index (χ1n) is 9.21. The van der Waals surface area contributed by atoms with Crippen molar-refractivity contribution in [2.45, 2.75) is 32.1 Å². The molecule has 0 atom stereocenters. The lowest BCUT2D eigenvalue weighted by Crippen LogP contribution is -2.40. The summed E-state index contributed by atoms with van der Waals surface area (Å²) in [7, 11) is 1.73. The van der Waals surface area contributed by atoms with Crippen molar-refractivity contribution in [3.63, 3.8) is 0 Å². The Morgan fingerprint density at radius 1 is 1.35 bits per heavy atom. The molecule has 0 aromatic heterocycles. The van der Waals surface area contributed by atoms with Gasteiger partial charge in [-0.25, -0.2) is 4.79 Å². The van der Waals surface area contributed by atoms with Gasteiger partial charge in [-0.05, 0) is 37.5 Å². The molecule has 1 aliphatic heterocycles. The summed E-state index contributed by atoms with van der Waals surface area (Å²) >= 11 is 5.90. The molecule has 7 heteroatoms. The van der Waals surface area contributed by atoms with Crippen molar-refractivity contribution in [1.29, 1.82) is 0 Å². The number of urea groups is 1. The highest BCUT2D eigenvalue weighted by molar-refractivity contribution is 6.30. The quantitative estimate of drug-likeness (QED) is 0.703. The van der Waals surface area contributed by atoms with Gasteiger partial charge in [0, 0.05) is 38.1 Å². The highest BCUT2D eigenvalue weighted by Gasteiger charge is 2.16. The molecule has 0 saturated carbocycles. The number of halogens is 1. The van der Waals surface area contributed by atoms with E-state index in [0.29, 0.717) is 43.4 Å². The molecule has 1 saturated heterocycles. The van der Waals surface area contributed by atoms with Gasteiger partial charge in [-0.3, -0.25) is 4.79 Å². The number of ether oxygens (including phenoxy) is 1. The normalized spacial score (nSPS) is 14.7. The van der Waals surface area contributed by atoms with E-state index in [1.165, 1.54) is 0 Å². The third-order valence-electron chi connectivity index (χ3n) is 4.39. The fourth-order valence-corrected chi connectivity index (χ4v) is 3.01. The number of hydrogen-bond acceptors (Lipinski definition) is 3. The fourth-order valence-electron chi connectivity index (χ4n) is 2.83. The van der Waals surface area contributed by atoms with Crippen LogP contribution in [0, 0.1) is 0 Å². The molecule has 26 heavy (non-hydrogen) atoms. The van der Waals surface area contributed by atoms with Crippen LogP contribution in [0.25, 0.3) is 0 Å². The molecule has 6 nitrogen and oxygen atoms in total. The Balaban J connectivity index is 1.58. The predicted octanol–water partition coefficient (Wildman–Crippen LogP) is 3.15. The second-order valence-corrected chi connectivity index (χ2v) is 6.94. The van der Waals surface area contributed by atoms with Gasteiger partial charge in [-0.1, -0.05) is 24.1 Å². The van der Waals surface area contributed by atoms with Gasteiger partial charge in [-0.2, -0.15) is 0 Å². The average Bonchev–Trinajstić information content (AvgIpc) is 2.83. The van der Waals surface area contributed by atoms with Gasteiger partial charge < -0.3 is 19.9 Å². The minimum atomic E-state index is -0.137. The predicted molar refractivity (Wildman–Crippen MR) is 103 cm³/mol. The number of rotatable bonds is 8. The van der Waals surface area contributed by atoms with Crippen LogP contribution < -0.4 is 10.1 Å². The molecule has 0 unspecified atom stereocenters. The number of benzene rings is 1. The van der Waals surface area contributed by atoms with E-state index in [9.17, 15) is 9.59 Å². The van der Waals surface area contributed by atoms with Crippen LogP contribution in [0.3, 0.4) is 0 Å². The number of nitrogens with zero attached hydrogens (tertiary/aromatic N) is 2. The van der Waals surface area contributed by atoms with Crippen LogP contribution in [0.15, 0.2) is 24.3 Å². The molecule has 3 amide bonds. The maximum absolute atomic E-state index is 12.1. The van der Waals surface area contributed by atoms with E-state index in [1.54, 1.807) is 24.1 Å². The van der Waals surface area contributed by atoms with Crippen LogP contribution >= 0.6 is 11.6 Å². The molecule has 1 aromatic rings. The first kappa shape index (κ1) is 20.4. The average molecular weight is 382 g/mol. The smallest absolute Gasteiger partial charge is 0.317 e. The molecule has 1 N–H and O–H groups in total. The molecule has 2 rings (SSSR count). The zero-order valence-electron chi connectivity index (χ0n) is 15.4. The third-order valence-corrected chi connectivity index (χ3v) is 4.63. The molecule has 1 aliphatic rings. The van der Waals surface area contributed by atoms with Crippen molar-refractivity contribution < 1.29 is 14.3 Å². The summed E-state index contributed by atoms with van der Waals surface area (Å²) in [6.45, 7) is 2.98. The summed E-state index contributed by atoms with van der Waals surface area (Å²) < 4.78 is 5.59. The second-order valence-electron chi connectivity index (χ2n) is 6.50. The molecule has 1 aromatic carbocycles. The van der Waals surface area contributed by atoms with Crippen molar-refractivity contribution >= 4 is 23.5 Å². The van der Waals surface area contributed by atoms with Crippen LogP contribution in [0.2, 0.25) is 5.02 Å². The van der Waals surface area contributed by atoms with Gasteiger partial charge >= 0.3 is 6.03 Å². The summed E-state index contributed by atoms with van der Waals surface area (Å²) in [5.74, 6) is 0.928. The second kappa shape index (κ2) is 10.9.